The summed E-state index contributed by atoms with van der Waals surface area (Å²) < 4.78 is 5.47. The number of aromatic nitrogens is 1. The molecule has 2 aromatic rings. The number of para-hydroxylation sites is 1. The number of anilines is 1. The Morgan fingerprint density at radius 3 is 3.00 bits per heavy atom. The predicted molar refractivity (Wildman–Crippen MR) is 125 cm³/mol. The van der Waals surface area contributed by atoms with Crippen LogP contribution < -0.4 is 5.32 Å². The molecule has 2 aliphatic rings. The number of esters is 1. The molecule has 2 heterocycles. The number of unbranched alkanes of at least 4 members (excludes halogenated alkanes) is 1. The largest absolute Gasteiger partial charge is 0.464 e. The van der Waals surface area contributed by atoms with Crippen LogP contribution >= 0.6 is 21.6 Å². The van der Waals surface area contributed by atoms with Crippen LogP contribution in [0.5, 0.6) is 0 Å². The third-order valence-electron chi connectivity index (χ3n) is 5.72. The van der Waals surface area contributed by atoms with E-state index in [0.717, 1.165) is 36.4 Å². The molecule has 1 atom stereocenters. The van der Waals surface area contributed by atoms with Crippen molar-refractivity contribution >= 4 is 44.1 Å². The summed E-state index contributed by atoms with van der Waals surface area (Å²) in [5.41, 5.74) is 4.82. The second kappa shape index (κ2) is 10.6. The van der Waals surface area contributed by atoms with E-state index in [4.69, 9.17) is 9.72 Å². The van der Waals surface area contributed by atoms with Gasteiger partial charge in [-0.25, -0.2) is 0 Å². The van der Waals surface area contributed by atoms with Crippen molar-refractivity contribution in [2.45, 2.75) is 63.0 Å². The quantitative estimate of drug-likeness (QED) is 0.309. The van der Waals surface area contributed by atoms with Crippen LogP contribution in [0.15, 0.2) is 24.3 Å². The Morgan fingerprint density at radius 2 is 2.10 bits per heavy atom. The third kappa shape index (κ3) is 5.60. The Balaban J connectivity index is 1.24. The monoisotopic (exact) mass is 430 g/mol. The summed E-state index contributed by atoms with van der Waals surface area (Å²) in [6.45, 7) is 1.06. The summed E-state index contributed by atoms with van der Waals surface area (Å²) in [7, 11) is 4.00. The van der Waals surface area contributed by atoms with E-state index < -0.39 is 0 Å². The maximum Gasteiger partial charge on any atom is 0.305 e. The van der Waals surface area contributed by atoms with Gasteiger partial charge in [0.2, 0.25) is 0 Å². The minimum atomic E-state index is -0.0677. The molecule has 0 radical (unpaired) electrons. The minimum absolute atomic E-state index is 0.0677. The maximum absolute atomic E-state index is 12.0. The van der Waals surface area contributed by atoms with E-state index in [-0.39, 0.29) is 5.97 Å². The summed E-state index contributed by atoms with van der Waals surface area (Å²) >= 11 is 0. The van der Waals surface area contributed by atoms with Crippen molar-refractivity contribution < 1.29 is 9.53 Å². The molecule has 4 nitrogen and oxygen atoms in total. The lowest BCUT2D eigenvalue weighted by atomic mass is 9.92. The lowest BCUT2D eigenvalue weighted by molar-refractivity contribution is -0.143. The van der Waals surface area contributed by atoms with Gasteiger partial charge in [0, 0.05) is 40.7 Å². The van der Waals surface area contributed by atoms with Crippen molar-refractivity contribution in [3.05, 3.63) is 35.5 Å². The van der Waals surface area contributed by atoms with Crippen LogP contribution in [0.4, 0.5) is 5.69 Å². The fraction of sp³-hybridized carbons (Fsp3) is 0.565. The van der Waals surface area contributed by atoms with Gasteiger partial charge < -0.3 is 10.1 Å². The van der Waals surface area contributed by atoms with Crippen LogP contribution in [0.25, 0.3) is 10.9 Å². The zero-order valence-electron chi connectivity index (χ0n) is 17.0. The van der Waals surface area contributed by atoms with Gasteiger partial charge in [0.25, 0.3) is 0 Å². The Hall–Kier alpha value is -1.40. The molecular weight excluding hydrogens is 400 g/mol. The average Bonchev–Trinajstić information content (AvgIpc) is 3.27. The van der Waals surface area contributed by atoms with Crippen LogP contribution in [-0.2, 0) is 22.4 Å². The number of rotatable bonds is 9. The van der Waals surface area contributed by atoms with E-state index in [1.807, 2.05) is 27.7 Å². The number of aryl methyl sites for hydroxylation is 1. The van der Waals surface area contributed by atoms with Crippen LogP contribution in [0.2, 0.25) is 0 Å². The summed E-state index contributed by atoms with van der Waals surface area (Å²) in [5, 5.41) is 5.52. The first-order valence-corrected chi connectivity index (χ1v) is 13.3. The predicted octanol–water partition coefficient (Wildman–Crippen LogP) is 5.78. The Bertz CT molecular complexity index is 837. The molecule has 1 N–H and O–H groups in total. The Labute approximate surface area is 181 Å². The SMILES string of the molecule is O=C(CCCCC1CCSS1)OCCNc1c2c(nc3ccccc13)CCCC2. The molecule has 1 aromatic carbocycles. The number of benzene rings is 1. The van der Waals surface area contributed by atoms with E-state index in [1.54, 1.807) is 0 Å². The Morgan fingerprint density at radius 1 is 1.21 bits per heavy atom. The smallest absolute Gasteiger partial charge is 0.305 e. The number of hydrogen-bond acceptors (Lipinski definition) is 6. The van der Waals surface area contributed by atoms with Crippen molar-refractivity contribution in [2.24, 2.45) is 0 Å². The van der Waals surface area contributed by atoms with Crippen molar-refractivity contribution in [3.8, 4) is 0 Å². The fourth-order valence-corrected chi connectivity index (χ4v) is 7.22. The average molecular weight is 431 g/mol. The van der Waals surface area contributed by atoms with Gasteiger partial charge in [0.15, 0.2) is 0 Å². The van der Waals surface area contributed by atoms with Crippen molar-refractivity contribution in [1.29, 1.82) is 0 Å². The maximum atomic E-state index is 12.0. The van der Waals surface area contributed by atoms with Gasteiger partial charge in [-0.3, -0.25) is 9.78 Å². The Kier molecular flexibility index (Phi) is 7.61. The number of nitrogens with one attached hydrogen (secondary N) is 1. The van der Waals surface area contributed by atoms with Crippen molar-refractivity contribution in [1.82, 2.24) is 4.98 Å². The van der Waals surface area contributed by atoms with Gasteiger partial charge in [0.05, 0.1) is 5.52 Å². The van der Waals surface area contributed by atoms with Gasteiger partial charge in [-0.05, 0) is 56.6 Å². The van der Waals surface area contributed by atoms with Gasteiger partial charge in [-0.15, -0.1) is 0 Å². The molecule has 6 heteroatoms. The highest BCUT2D eigenvalue weighted by Gasteiger charge is 2.18. The molecule has 1 aliphatic carbocycles. The lowest BCUT2D eigenvalue weighted by Gasteiger charge is -2.21. The first-order chi connectivity index (χ1) is 14.3. The highest BCUT2D eigenvalue weighted by Crippen LogP contribution is 2.40. The van der Waals surface area contributed by atoms with Crippen molar-refractivity contribution in [3.63, 3.8) is 0 Å². The molecule has 4 rings (SSSR count). The highest BCUT2D eigenvalue weighted by atomic mass is 33.1. The number of hydrogen-bond donors (Lipinski definition) is 1. The summed E-state index contributed by atoms with van der Waals surface area (Å²) in [6, 6.07) is 8.32. The summed E-state index contributed by atoms with van der Waals surface area (Å²) in [4.78, 5) is 16.9. The minimum Gasteiger partial charge on any atom is -0.464 e. The number of fused-ring (bicyclic) bond motifs is 2. The molecule has 0 amide bonds. The summed E-state index contributed by atoms with van der Waals surface area (Å²) in [6.07, 6.45) is 9.72. The highest BCUT2D eigenvalue weighted by molar-refractivity contribution is 8.77. The van der Waals surface area contributed by atoms with Crippen LogP contribution in [0.1, 0.15) is 56.2 Å². The number of ether oxygens (including phenoxy) is 1. The fourth-order valence-electron chi connectivity index (χ4n) is 4.19. The first kappa shape index (κ1) is 20.9. The van der Waals surface area contributed by atoms with E-state index in [1.165, 1.54) is 53.8 Å². The topological polar surface area (TPSA) is 51.2 Å². The van der Waals surface area contributed by atoms with E-state index >= 15 is 0 Å². The molecule has 0 bridgehead atoms. The number of carbonyl (C=O) groups excluding carboxylic acids is 1. The molecule has 1 saturated heterocycles. The molecule has 1 fully saturated rings. The molecule has 1 aliphatic heterocycles. The molecular formula is C23H30N2O2S2. The molecule has 156 valence electrons. The zero-order valence-corrected chi connectivity index (χ0v) is 18.6. The third-order valence-corrected chi connectivity index (χ3v) is 8.73. The van der Waals surface area contributed by atoms with Gasteiger partial charge in [-0.1, -0.05) is 46.2 Å². The van der Waals surface area contributed by atoms with E-state index in [2.05, 4.69) is 23.5 Å². The molecule has 1 aromatic heterocycles. The van der Waals surface area contributed by atoms with Crippen molar-refractivity contribution in [2.75, 3.05) is 24.2 Å². The molecule has 29 heavy (non-hydrogen) atoms. The van der Waals surface area contributed by atoms with E-state index in [9.17, 15) is 4.79 Å². The summed E-state index contributed by atoms with van der Waals surface area (Å²) in [5.74, 6) is 1.21. The zero-order chi connectivity index (χ0) is 19.9. The van der Waals surface area contributed by atoms with Crippen LogP contribution in [0.3, 0.4) is 0 Å². The van der Waals surface area contributed by atoms with Crippen LogP contribution in [-0.4, -0.2) is 35.1 Å². The lowest BCUT2D eigenvalue weighted by Crippen LogP contribution is -2.17. The number of pyridine rings is 1. The standard InChI is InChI=1S/C23H30N2O2S2/c26-22(12-6-1-7-17-13-16-28-29-17)27-15-14-24-23-18-8-2-4-10-20(18)25-21-11-5-3-9-19(21)23/h2,4,8,10,17H,1,3,5-7,9,11-16H2,(H,24,25). The number of carbonyl (C=O) groups is 1. The normalized spacial score (nSPS) is 18.6. The molecule has 0 spiro atoms. The first-order valence-electron chi connectivity index (χ1n) is 10.9. The molecule has 1 unspecified atom stereocenters. The second-order valence-corrected chi connectivity index (χ2v) is 10.6. The second-order valence-electron chi connectivity index (χ2n) is 7.86. The number of nitrogens with zero attached hydrogens (tertiary/aromatic N) is 1. The van der Waals surface area contributed by atoms with Gasteiger partial charge in [0.1, 0.15) is 6.61 Å². The van der Waals surface area contributed by atoms with Gasteiger partial charge in [-0.2, -0.15) is 0 Å². The van der Waals surface area contributed by atoms with Crippen LogP contribution in [0, 0.1) is 0 Å². The van der Waals surface area contributed by atoms with Gasteiger partial charge >= 0.3 is 5.97 Å². The molecule has 0 saturated carbocycles. The van der Waals surface area contributed by atoms with E-state index in [0.29, 0.717) is 19.6 Å².